The van der Waals surface area contributed by atoms with Gasteiger partial charge in [-0.3, -0.25) is 0 Å². The minimum absolute atomic E-state index is 0.118. The second-order valence-electron chi connectivity index (χ2n) is 11.6. The van der Waals surface area contributed by atoms with E-state index in [2.05, 4.69) is 152 Å². The molecule has 2 nitrogen and oxygen atoms in total. The van der Waals surface area contributed by atoms with E-state index in [9.17, 15) is 0 Å². The number of anilines is 1. The van der Waals surface area contributed by atoms with E-state index in [0.717, 1.165) is 16.8 Å². The van der Waals surface area contributed by atoms with E-state index in [4.69, 9.17) is 5.73 Å². The summed E-state index contributed by atoms with van der Waals surface area (Å²) in [5, 5.41) is 2.52. The van der Waals surface area contributed by atoms with Gasteiger partial charge in [-0.15, -0.1) is 0 Å². The smallest absolute Gasteiger partial charge is 0.0541 e. The van der Waals surface area contributed by atoms with Crippen molar-refractivity contribution in [1.29, 1.82) is 0 Å². The lowest BCUT2D eigenvalue weighted by Gasteiger charge is -2.25. The van der Waals surface area contributed by atoms with Crippen molar-refractivity contribution in [2.75, 3.05) is 5.73 Å². The third-order valence-corrected chi connectivity index (χ3v) is 8.95. The molecule has 0 atom stereocenters. The molecule has 2 N–H and O–H groups in total. The van der Waals surface area contributed by atoms with Gasteiger partial charge in [0, 0.05) is 33.1 Å². The van der Waals surface area contributed by atoms with Crippen LogP contribution >= 0.6 is 0 Å². The molecule has 6 aromatic carbocycles. The van der Waals surface area contributed by atoms with E-state index in [1.165, 1.54) is 60.9 Å². The molecule has 1 heterocycles. The second kappa shape index (κ2) is 8.71. The first-order chi connectivity index (χ1) is 20.0. The van der Waals surface area contributed by atoms with Crippen LogP contribution in [0.25, 0.3) is 60.9 Å². The Morgan fingerprint density at radius 3 is 2.02 bits per heavy atom. The molecule has 2 heteroatoms. The van der Waals surface area contributed by atoms with Crippen molar-refractivity contribution in [1.82, 2.24) is 4.57 Å². The van der Waals surface area contributed by atoms with E-state index in [1.54, 1.807) is 0 Å². The Kier molecular flexibility index (Phi) is 5.05. The summed E-state index contributed by atoms with van der Waals surface area (Å²) in [6.45, 7) is 4.63. The first-order valence-corrected chi connectivity index (χ1v) is 14.2. The molecule has 1 aliphatic rings. The molecular formula is C39H30N2. The molecule has 0 unspecified atom stereocenters. The first kappa shape index (κ1) is 23.8. The van der Waals surface area contributed by atoms with Crippen molar-refractivity contribution in [3.63, 3.8) is 0 Å². The van der Waals surface area contributed by atoms with E-state index in [0.29, 0.717) is 0 Å². The number of nitrogen functional groups attached to an aromatic ring is 1. The third-order valence-electron chi connectivity index (χ3n) is 8.95. The van der Waals surface area contributed by atoms with Crippen molar-refractivity contribution >= 4 is 27.5 Å². The number of para-hydroxylation sites is 2. The Hall–Kier alpha value is -5.08. The minimum atomic E-state index is -0.118. The summed E-state index contributed by atoms with van der Waals surface area (Å²) in [7, 11) is 0. The van der Waals surface area contributed by atoms with E-state index < -0.39 is 0 Å². The van der Waals surface area contributed by atoms with E-state index in [1.807, 2.05) is 0 Å². The van der Waals surface area contributed by atoms with Gasteiger partial charge < -0.3 is 10.3 Å². The number of aromatic nitrogens is 1. The summed E-state index contributed by atoms with van der Waals surface area (Å²) in [5.74, 6) is 0. The SMILES string of the molecule is CC1(C)c2ccccc2-c2ccc(N)c(-c3ccc(-c4ccc5c(c4)c4ccccc4n5-c4ccccc4)cc3)c21. The fourth-order valence-electron chi connectivity index (χ4n) is 7.04. The molecule has 41 heavy (non-hydrogen) atoms. The highest BCUT2D eigenvalue weighted by Gasteiger charge is 2.38. The summed E-state index contributed by atoms with van der Waals surface area (Å²) in [6, 6.07) is 48.1. The van der Waals surface area contributed by atoms with E-state index in [-0.39, 0.29) is 5.41 Å². The Morgan fingerprint density at radius 1 is 0.537 bits per heavy atom. The second-order valence-corrected chi connectivity index (χ2v) is 11.6. The summed E-state index contributed by atoms with van der Waals surface area (Å²) in [4.78, 5) is 0. The Balaban J connectivity index is 1.25. The summed E-state index contributed by atoms with van der Waals surface area (Å²) in [5.41, 5.74) is 21.0. The highest BCUT2D eigenvalue weighted by Crippen LogP contribution is 2.53. The number of nitrogens with zero attached hydrogens (tertiary/aromatic N) is 1. The maximum Gasteiger partial charge on any atom is 0.0541 e. The quantitative estimate of drug-likeness (QED) is 0.228. The number of fused-ring (bicyclic) bond motifs is 6. The fraction of sp³-hybridized carbons (Fsp3) is 0.0769. The van der Waals surface area contributed by atoms with Crippen molar-refractivity contribution < 1.29 is 0 Å². The number of rotatable bonds is 3. The van der Waals surface area contributed by atoms with Gasteiger partial charge in [0.25, 0.3) is 0 Å². The highest BCUT2D eigenvalue weighted by atomic mass is 15.0. The molecule has 0 bridgehead atoms. The van der Waals surface area contributed by atoms with Gasteiger partial charge in [-0.2, -0.15) is 0 Å². The molecule has 1 aliphatic carbocycles. The zero-order valence-corrected chi connectivity index (χ0v) is 23.2. The van der Waals surface area contributed by atoms with Crippen LogP contribution < -0.4 is 5.73 Å². The monoisotopic (exact) mass is 526 g/mol. The van der Waals surface area contributed by atoms with Crippen LogP contribution in [0.5, 0.6) is 0 Å². The largest absolute Gasteiger partial charge is 0.398 e. The Labute approximate surface area is 240 Å². The Bertz CT molecular complexity index is 2110. The topological polar surface area (TPSA) is 30.9 Å². The van der Waals surface area contributed by atoms with Gasteiger partial charge in [0.2, 0.25) is 0 Å². The van der Waals surface area contributed by atoms with Gasteiger partial charge >= 0.3 is 0 Å². The minimum Gasteiger partial charge on any atom is -0.398 e. The van der Waals surface area contributed by atoms with Crippen molar-refractivity contribution in [2.24, 2.45) is 0 Å². The highest BCUT2D eigenvalue weighted by molar-refractivity contribution is 6.10. The molecule has 8 rings (SSSR count). The zero-order valence-electron chi connectivity index (χ0n) is 23.2. The zero-order chi connectivity index (χ0) is 27.7. The van der Waals surface area contributed by atoms with Crippen LogP contribution in [0.2, 0.25) is 0 Å². The van der Waals surface area contributed by atoms with E-state index >= 15 is 0 Å². The van der Waals surface area contributed by atoms with Crippen LogP contribution in [0.3, 0.4) is 0 Å². The van der Waals surface area contributed by atoms with Crippen LogP contribution in [0.4, 0.5) is 5.69 Å². The van der Waals surface area contributed by atoms with Crippen molar-refractivity contribution in [3.8, 4) is 39.1 Å². The van der Waals surface area contributed by atoms with Crippen LogP contribution in [0.15, 0.2) is 133 Å². The maximum atomic E-state index is 6.69. The van der Waals surface area contributed by atoms with Gasteiger partial charge in [0.05, 0.1) is 11.0 Å². The molecule has 1 aromatic heterocycles. The molecule has 0 saturated carbocycles. The average Bonchev–Trinajstić information content (AvgIpc) is 3.46. The van der Waals surface area contributed by atoms with Gasteiger partial charge in [0.15, 0.2) is 0 Å². The molecule has 0 amide bonds. The normalized spacial score (nSPS) is 13.4. The third kappa shape index (κ3) is 3.44. The number of nitrogens with two attached hydrogens (primary N) is 1. The number of benzene rings is 6. The lowest BCUT2D eigenvalue weighted by Crippen LogP contribution is -2.17. The lowest BCUT2D eigenvalue weighted by molar-refractivity contribution is 0.662. The van der Waals surface area contributed by atoms with Gasteiger partial charge in [-0.1, -0.05) is 111 Å². The molecule has 0 spiro atoms. The maximum absolute atomic E-state index is 6.69. The van der Waals surface area contributed by atoms with Crippen LogP contribution in [0, 0.1) is 0 Å². The number of hydrogen-bond acceptors (Lipinski definition) is 1. The van der Waals surface area contributed by atoms with Crippen molar-refractivity contribution in [3.05, 3.63) is 145 Å². The molecule has 0 saturated heterocycles. The lowest BCUT2D eigenvalue weighted by atomic mass is 9.78. The summed E-state index contributed by atoms with van der Waals surface area (Å²) < 4.78 is 2.36. The van der Waals surface area contributed by atoms with Gasteiger partial charge in [-0.05, 0) is 75.3 Å². The number of hydrogen-bond donors (Lipinski definition) is 1. The fourth-order valence-corrected chi connectivity index (χ4v) is 7.04. The van der Waals surface area contributed by atoms with Crippen molar-refractivity contribution in [2.45, 2.75) is 19.3 Å². The first-order valence-electron chi connectivity index (χ1n) is 14.2. The average molecular weight is 527 g/mol. The molecule has 7 aromatic rings. The molecule has 0 radical (unpaired) electrons. The standard InChI is InChI=1S/C39H30N2/c1-39(2)33-14-8-6-12-29(33)31-21-22-34(40)37(38(31)39)26-18-16-25(17-19-26)27-20-23-36-32(24-27)30-13-7-9-15-35(30)41(36)28-10-4-3-5-11-28/h3-24H,40H2,1-2H3. The molecule has 0 aliphatic heterocycles. The molecule has 0 fully saturated rings. The van der Waals surface area contributed by atoms with Crippen LogP contribution in [-0.2, 0) is 5.41 Å². The van der Waals surface area contributed by atoms with Gasteiger partial charge in [0.1, 0.15) is 0 Å². The van der Waals surface area contributed by atoms with Crippen LogP contribution in [-0.4, -0.2) is 4.57 Å². The Morgan fingerprint density at radius 2 is 1.20 bits per heavy atom. The predicted molar refractivity (Wildman–Crippen MR) is 174 cm³/mol. The van der Waals surface area contributed by atoms with Gasteiger partial charge in [-0.25, -0.2) is 0 Å². The molecular weight excluding hydrogens is 496 g/mol. The van der Waals surface area contributed by atoms with Crippen LogP contribution in [0.1, 0.15) is 25.0 Å². The summed E-state index contributed by atoms with van der Waals surface area (Å²) >= 11 is 0. The molecule has 196 valence electrons. The summed E-state index contributed by atoms with van der Waals surface area (Å²) in [6.07, 6.45) is 0. The predicted octanol–water partition coefficient (Wildman–Crippen LogP) is 10.0.